The van der Waals surface area contributed by atoms with Crippen molar-refractivity contribution in [2.75, 3.05) is 13.1 Å². The molecular formula is C18H24ClN. The topological polar surface area (TPSA) is 12.0 Å². The summed E-state index contributed by atoms with van der Waals surface area (Å²) in [6, 6.07) is 12.6. The number of nitrogens with one attached hydrogen (secondary N) is 1. The average Bonchev–Trinajstić information content (AvgIpc) is 2.44. The molecule has 0 radical (unpaired) electrons. The van der Waals surface area contributed by atoms with Crippen molar-refractivity contribution in [1.82, 2.24) is 5.32 Å². The number of rotatable bonds is 6. The Balaban J connectivity index is 2.29. The van der Waals surface area contributed by atoms with E-state index in [1.165, 1.54) is 17.4 Å². The third kappa shape index (κ3) is 3.34. The largest absolute Gasteiger partial charge is 0.317 e. The second-order valence-corrected chi connectivity index (χ2v) is 6.43. The summed E-state index contributed by atoms with van der Waals surface area (Å²) in [5, 5.41) is 6.76. The van der Waals surface area contributed by atoms with Crippen LogP contribution in [0.3, 0.4) is 0 Å². The first kappa shape index (κ1) is 15.3. The molecule has 0 atom stereocenters. The fourth-order valence-corrected chi connectivity index (χ4v) is 2.92. The number of fused-ring (bicyclic) bond motifs is 1. The molecule has 1 N–H and O–H groups in total. The maximum Gasteiger partial charge on any atom is 0.0484 e. The average molecular weight is 290 g/mol. The number of hydrogen-bond acceptors (Lipinski definition) is 1. The Kier molecular flexibility index (Phi) is 5.06. The van der Waals surface area contributed by atoms with Crippen LogP contribution in [0.5, 0.6) is 0 Å². The quantitative estimate of drug-likeness (QED) is 0.724. The molecule has 0 aromatic heterocycles. The fourth-order valence-electron chi connectivity index (χ4n) is 2.69. The van der Waals surface area contributed by atoms with Gasteiger partial charge in [0.2, 0.25) is 0 Å². The molecule has 2 heteroatoms. The Morgan fingerprint density at radius 3 is 2.40 bits per heavy atom. The van der Waals surface area contributed by atoms with Gasteiger partial charge in [0.05, 0.1) is 0 Å². The summed E-state index contributed by atoms with van der Waals surface area (Å²) in [5.41, 5.74) is 1.53. The lowest BCUT2D eigenvalue weighted by molar-refractivity contribution is 0.460. The first-order chi connectivity index (χ1) is 9.56. The van der Waals surface area contributed by atoms with Crippen molar-refractivity contribution in [2.24, 2.45) is 0 Å². The predicted octanol–water partition coefficient (Wildman–Crippen LogP) is 5.16. The lowest BCUT2D eigenvalue weighted by atomic mass is 9.79. The maximum atomic E-state index is 6.31. The highest BCUT2D eigenvalue weighted by molar-refractivity contribution is 6.35. The summed E-state index contributed by atoms with van der Waals surface area (Å²) in [4.78, 5) is 0. The molecule has 0 aliphatic heterocycles. The molecule has 0 aliphatic rings. The highest BCUT2D eigenvalue weighted by atomic mass is 35.5. The second kappa shape index (κ2) is 6.60. The van der Waals surface area contributed by atoms with E-state index >= 15 is 0 Å². The first-order valence-electron chi connectivity index (χ1n) is 7.44. The highest BCUT2D eigenvalue weighted by Gasteiger charge is 2.22. The zero-order chi connectivity index (χ0) is 14.6. The zero-order valence-corrected chi connectivity index (χ0v) is 13.4. The van der Waals surface area contributed by atoms with Crippen LogP contribution in [-0.4, -0.2) is 13.1 Å². The monoisotopic (exact) mass is 289 g/mol. The van der Waals surface area contributed by atoms with Gasteiger partial charge in [-0.3, -0.25) is 0 Å². The Hall–Kier alpha value is -1.05. The van der Waals surface area contributed by atoms with Crippen LogP contribution in [0.25, 0.3) is 10.8 Å². The van der Waals surface area contributed by atoms with Crippen molar-refractivity contribution in [3.8, 4) is 0 Å². The van der Waals surface area contributed by atoms with E-state index in [2.05, 4.69) is 50.4 Å². The van der Waals surface area contributed by atoms with Crippen molar-refractivity contribution >= 4 is 22.4 Å². The van der Waals surface area contributed by atoms with Crippen LogP contribution < -0.4 is 5.32 Å². The van der Waals surface area contributed by atoms with Gasteiger partial charge in [-0.1, -0.05) is 62.7 Å². The minimum atomic E-state index is 0.144. The van der Waals surface area contributed by atoms with Crippen LogP contribution in [0.1, 0.15) is 39.2 Å². The van der Waals surface area contributed by atoms with E-state index < -0.39 is 0 Å². The molecule has 0 unspecified atom stereocenters. The SMILES string of the molecule is CCCNCCC(C)(C)c1ccc(Cl)c2ccccc12. The Morgan fingerprint density at radius 2 is 1.70 bits per heavy atom. The molecule has 2 rings (SSSR count). The van der Waals surface area contributed by atoms with Gasteiger partial charge in [-0.05, 0) is 48.4 Å². The molecular weight excluding hydrogens is 266 g/mol. The zero-order valence-electron chi connectivity index (χ0n) is 12.7. The molecule has 0 aliphatic carbocycles. The van der Waals surface area contributed by atoms with Crippen LogP contribution in [0, 0.1) is 0 Å². The summed E-state index contributed by atoms with van der Waals surface area (Å²) in [6.07, 6.45) is 2.31. The first-order valence-corrected chi connectivity index (χ1v) is 7.82. The second-order valence-electron chi connectivity index (χ2n) is 6.02. The summed E-state index contributed by atoms with van der Waals surface area (Å²) >= 11 is 6.31. The van der Waals surface area contributed by atoms with E-state index in [4.69, 9.17) is 11.6 Å². The van der Waals surface area contributed by atoms with Gasteiger partial charge in [-0.25, -0.2) is 0 Å². The fraction of sp³-hybridized carbons (Fsp3) is 0.444. The van der Waals surface area contributed by atoms with Crippen molar-refractivity contribution in [2.45, 2.75) is 39.0 Å². The van der Waals surface area contributed by atoms with E-state index in [9.17, 15) is 0 Å². The van der Waals surface area contributed by atoms with Crippen LogP contribution in [0.15, 0.2) is 36.4 Å². The van der Waals surface area contributed by atoms with Crippen LogP contribution in [-0.2, 0) is 5.41 Å². The van der Waals surface area contributed by atoms with E-state index in [0.717, 1.165) is 29.9 Å². The van der Waals surface area contributed by atoms with Crippen molar-refractivity contribution < 1.29 is 0 Å². The Labute approximate surface area is 127 Å². The smallest absolute Gasteiger partial charge is 0.0484 e. The van der Waals surface area contributed by atoms with Gasteiger partial charge in [0, 0.05) is 10.4 Å². The molecule has 0 spiro atoms. The molecule has 0 saturated carbocycles. The van der Waals surface area contributed by atoms with Gasteiger partial charge in [-0.2, -0.15) is 0 Å². The van der Waals surface area contributed by atoms with Crippen LogP contribution in [0.2, 0.25) is 5.02 Å². The van der Waals surface area contributed by atoms with Gasteiger partial charge in [0.25, 0.3) is 0 Å². The molecule has 20 heavy (non-hydrogen) atoms. The third-order valence-corrected chi connectivity index (χ3v) is 4.28. The highest BCUT2D eigenvalue weighted by Crippen LogP contribution is 2.35. The van der Waals surface area contributed by atoms with E-state index in [-0.39, 0.29) is 5.41 Å². The van der Waals surface area contributed by atoms with Gasteiger partial charge in [0.1, 0.15) is 0 Å². The summed E-state index contributed by atoms with van der Waals surface area (Å²) in [7, 11) is 0. The Morgan fingerprint density at radius 1 is 1.00 bits per heavy atom. The lowest BCUT2D eigenvalue weighted by Crippen LogP contribution is -2.26. The molecule has 108 valence electrons. The van der Waals surface area contributed by atoms with E-state index in [1.807, 2.05) is 12.1 Å². The molecule has 1 nitrogen and oxygen atoms in total. The number of halogens is 1. The minimum absolute atomic E-state index is 0.144. The summed E-state index contributed by atoms with van der Waals surface area (Å²) in [5.74, 6) is 0. The van der Waals surface area contributed by atoms with Gasteiger partial charge in [-0.15, -0.1) is 0 Å². The summed E-state index contributed by atoms with van der Waals surface area (Å²) in [6.45, 7) is 8.98. The van der Waals surface area contributed by atoms with Gasteiger partial charge < -0.3 is 5.32 Å². The Bertz CT molecular complexity index is 575. The molecule has 0 fully saturated rings. The predicted molar refractivity (Wildman–Crippen MR) is 89.8 cm³/mol. The van der Waals surface area contributed by atoms with E-state index in [1.54, 1.807) is 0 Å². The minimum Gasteiger partial charge on any atom is -0.317 e. The molecule has 2 aromatic rings. The van der Waals surface area contributed by atoms with Crippen LogP contribution >= 0.6 is 11.6 Å². The molecule has 0 heterocycles. The van der Waals surface area contributed by atoms with E-state index in [0.29, 0.717) is 0 Å². The van der Waals surface area contributed by atoms with Crippen molar-refractivity contribution in [3.05, 3.63) is 47.0 Å². The molecule has 0 amide bonds. The standard InChI is InChI=1S/C18H24ClN/c1-4-12-20-13-11-18(2,3)16-9-10-17(19)15-8-6-5-7-14(15)16/h5-10,20H,4,11-13H2,1-3H3. The molecule has 0 saturated heterocycles. The van der Waals surface area contributed by atoms with Gasteiger partial charge in [0.15, 0.2) is 0 Å². The number of hydrogen-bond donors (Lipinski definition) is 1. The molecule has 0 bridgehead atoms. The maximum absolute atomic E-state index is 6.31. The normalized spacial score (nSPS) is 12.0. The van der Waals surface area contributed by atoms with Gasteiger partial charge >= 0.3 is 0 Å². The van der Waals surface area contributed by atoms with Crippen molar-refractivity contribution in [3.63, 3.8) is 0 Å². The molecule has 2 aromatic carbocycles. The van der Waals surface area contributed by atoms with Crippen LogP contribution in [0.4, 0.5) is 0 Å². The number of benzene rings is 2. The third-order valence-electron chi connectivity index (χ3n) is 3.95. The summed E-state index contributed by atoms with van der Waals surface area (Å²) < 4.78 is 0. The lowest BCUT2D eigenvalue weighted by Gasteiger charge is -2.27. The van der Waals surface area contributed by atoms with Crippen molar-refractivity contribution in [1.29, 1.82) is 0 Å².